The smallest absolute Gasteiger partial charge is 0.218 e. The van der Waals surface area contributed by atoms with Gasteiger partial charge in [-0.05, 0) is 18.6 Å². The molecule has 0 saturated heterocycles. The van der Waals surface area contributed by atoms with Crippen LogP contribution in [0.25, 0.3) is 11.1 Å². The highest BCUT2D eigenvalue weighted by Gasteiger charge is 2.08. The average molecular weight is 389 g/mol. The Kier molecular flexibility index (Phi) is 9.98. The molecule has 1 unspecified atom stereocenters. The van der Waals surface area contributed by atoms with E-state index in [2.05, 4.69) is 21.9 Å². The van der Waals surface area contributed by atoms with Crippen LogP contribution in [-0.2, 0) is 10.8 Å². The fourth-order valence-electron chi connectivity index (χ4n) is 2.97. The van der Waals surface area contributed by atoms with E-state index in [1.54, 1.807) is 24.7 Å². The Labute approximate surface area is 165 Å². The molecule has 0 aliphatic heterocycles. The van der Waals surface area contributed by atoms with Crippen LogP contribution in [0.15, 0.2) is 35.9 Å². The van der Waals surface area contributed by atoms with E-state index in [9.17, 15) is 4.21 Å². The first-order chi connectivity index (χ1) is 13.2. The summed E-state index contributed by atoms with van der Waals surface area (Å²) in [5.41, 5.74) is 7.34. The Hall–Kier alpha value is -1.82. The lowest BCUT2D eigenvalue weighted by atomic mass is 10.1. The van der Waals surface area contributed by atoms with Crippen molar-refractivity contribution in [3.8, 4) is 11.1 Å². The number of pyridine rings is 1. The zero-order valence-electron chi connectivity index (χ0n) is 16.4. The molecule has 1 atom stereocenters. The molecule has 0 saturated carbocycles. The van der Waals surface area contributed by atoms with Gasteiger partial charge in [-0.1, -0.05) is 64.7 Å². The van der Waals surface area contributed by atoms with E-state index >= 15 is 0 Å². The van der Waals surface area contributed by atoms with Gasteiger partial charge in [0.1, 0.15) is 5.82 Å². The van der Waals surface area contributed by atoms with E-state index in [1.807, 2.05) is 6.07 Å². The molecule has 6 heteroatoms. The minimum atomic E-state index is -1.12. The van der Waals surface area contributed by atoms with Crippen molar-refractivity contribution in [2.45, 2.75) is 76.3 Å². The maximum absolute atomic E-state index is 12.3. The summed E-state index contributed by atoms with van der Waals surface area (Å²) >= 11 is 0. The van der Waals surface area contributed by atoms with Gasteiger partial charge in [0.15, 0.2) is 0 Å². The molecule has 2 rings (SSSR count). The molecule has 0 fully saturated rings. The largest absolute Gasteiger partial charge is 0.384 e. The number of nitrogen functional groups attached to an aromatic ring is 1. The average Bonchev–Trinajstić information content (AvgIpc) is 2.70. The molecule has 0 aliphatic carbocycles. The van der Waals surface area contributed by atoms with Gasteiger partial charge in [-0.25, -0.2) is 15.0 Å². The van der Waals surface area contributed by atoms with E-state index in [4.69, 9.17) is 5.73 Å². The summed E-state index contributed by atoms with van der Waals surface area (Å²) in [6.45, 7) is 2.25. The van der Waals surface area contributed by atoms with Crippen molar-refractivity contribution in [2.75, 3.05) is 11.5 Å². The van der Waals surface area contributed by atoms with Crippen LogP contribution in [0.5, 0.6) is 0 Å². The predicted octanol–water partition coefficient (Wildman–Crippen LogP) is 5.15. The van der Waals surface area contributed by atoms with Crippen molar-refractivity contribution in [2.24, 2.45) is 0 Å². The van der Waals surface area contributed by atoms with Gasteiger partial charge in [-0.2, -0.15) is 0 Å². The van der Waals surface area contributed by atoms with Crippen molar-refractivity contribution in [1.29, 1.82) is 0 Å². The first-order valence-electron chi connectivity index (χ1n) is 10.1. The van der Waals surface area contributed by atoms with Crippen molar-refractivity contribution in [3.63, 3.8) is 0 Å². The summed E-state index contributed by atoms with van der Waals surface area (Å²) < 4.78 is 12.3. The number of hydrogen-bond acceptors (Lipinski definition) is 5. The van der Waals surface area contributed by atoms with E-state index in [0.29, 0.717) is 16.7 Å². The molecule has 0 radical (unpaired) electrons. The van der Waals surface area contributed by atoms with Gasteiger partial charge >= 0.3 is 0 Å². The topological polar surface area (TPSA) is 81.8 Å². The number of nitrogens with zero attached hydrogens (tertiary/aromatic N) is 3. The number of nitrogens with two attached hydrogens (primary N) is 1. The third-order valence-corrected chi connectivity index (χ3v) is 5.91. The van der Waals surface area contributed by atoms with Crippen LogP contribution in [0.1, 0.15) is 71.1 Å². The first-order valence-corrected chi connectivity index (χ1v) is 11.4. The van der Waals surface area contributed by atoms with Gasteiger partial charge in [-0.3, -0.25) is 4.21 Å². The SMILES string of the molecule is CCCCCCCCCCCCS(=O)c1ncc(-c2ccc(N)nc2)cn1. The summed E-state index contributed by atoms with van der Waals surface area (Å²) in [5.74, 6) is 1.12. The molecular weight excluding hydrogens is 356 g/mol. The highest BCUT2D eigenvalue weighted by molar-refractivity contribution is 7.84. The zero-order valence-corrected chi connectivity index (χ0v) is 17.2. The van der Waals surface area contributed by atoms with E-state index < -0.39 is 10.8 Å². The van der Waals surface area contributed by atoms with Crippen LogP contribution < -0.4 is 5.73 Å². The van der Waals surface area contributed by atoms with Crippen LogP contribution in [0.3, 0.4) is 0 Å². The third-order valence-electron chi connectivity index (χ3n) is 4.63. The summed E-state index contributed by atoms with van der Waals surface area (Å²) in [6.07, 6.45) is 17.8. The van der Waals surface area contributed by atoms with Gasteiger partial charge in [0, 0.05) is 35.5 Å². The quantitative estimate of drug-likeness (QED) is 0.379. The van der Waals surface area contributed by atoms with Gasteiger partial charge in [0.05, 0.1) is 10.8 Å². The monoisotopic (exact) mass is 388 g/mol. The molecular formula is C21H32N4OS. The Morgan fingerprint density at radius 3 is 1.89 bits per heavy atom. The first kappa shape index (κ1) is 21.5. The number of hydrogen-bond donors (Lipinski definition) is 1. The predicted molar refractivity (Wildman–Crippen MR) is 113 cm³/mol. The van der Waals surface area contributed by atoms with Crippen molar-refractivity contribution >= 4 is 16.6 Å². The summed E-state index contributed by atoms with van der Waals surface area (Å²) in [6, 6.07) is 3.62. The molecule has 148 valence electrons. The molecule has 2 N–H and O–H groups in total. The highest BCUT2D eigenvalue weighted by atomic mass is 32.2. The van der Waals surface area contributed by atoms with Crippen LogP contribution >= 0.6 is 0 Å². The Morgan fingerprint density at radius 1 is 0.778 bits per heavy atom. The van der Waals surface area contributed by atoms with Crippen LogP contribution in [0.2, 0.25) is 0 Å². The fourth-order valence-corrected chi connectivity index (χ4v) is 3.96. The number of rotatable bonds is 13. The lowest BCUT2D eigenvalue weighted by Crippen LogP contribution is -2.03. The number of aromatic nitrogens is 3. The highest BCUT2D eigenvalue weighted by Crippen LogP contribution is 2.18. The minimum absolute atomic E-state index is 0.415. The molecule has 0 amide bonds. The number of anilines is 1. The fraction of sp³-hybridized carbons (Fsp3) is 0.571. The number of unbranched alkanes of at least 4 members (excludes halogenated alkanes) is 9. The van der Waals surface area contributed by atoms with E-state index in [0.717, 1.165) is 24.0 Å². The van der Waals surface area contributed by atoms with Crippen molar-refractivity contribution in [3.05, 3.63) is 30.7 Å². The third kappa shape index (κ3) is 8.16. The van der Waals surface area contributed by atoms with Gasteiger partial charge in [0.2, 0.25) is 5.16 Å². The van der Waals surface area contributed by atoms with E-state index in [1.165, 1.54) is 51.4 Å². The van der Waals surface area contributed by atoms with Crippen molar-refractivity contribution < 1.29 is 4.21 Å². The molecule has 0 aromatic carbocycles. The molecule has 0 bridgehead atoms. The summed E-state index contributed by atoms with van der Waals surface area (Å²) in [7, 11) is -1.12. The summed E-state index contributed by atoms with van der Waals surface area (Å²) in [5, 5.41) is 0.415. The van der Waals surface area contributed by atoms with Gasteiger partial charge < -0.3 is 5.73 Å². The Balaban J connectivity index is 1.62. The standard InChI is InChI=1S/C21H32N4OS/c1-2-3-4-5-6-7-8-9-10-11-14-27(26)21-24-16-19(17-25-21)18-12-13-20(22)23-15-18/h12-13,15-17H,2-11,14H2,1H3,(H2,22,23). The molecule has 0 spiro atoms. The second-order valence-corrected chi connectivity index (χ2v) is 8.42. The zero-order chi connectivity index (χ0) is 19.3. The molecule has 5 nitrogen and oxygen atoms in total. The minimum Gasteiger partial charge on any atom is -0.384 e. The van der Waals surface area contributed by atoms with Crippen LogP contribution in [-0.4, -0.2) is 24.9 Å². The molecule has 2 heterocycles. The van der Waals surface area contributed by atoms with Crippen molar-refractivity contribution in [1.82, 2.24) is 15.0 Å². The lowest BCUT2D eigenvalue weighted by Gasteiger charge is -2.04. The van der Waals surface area contributed by atoms with Crippen LogP contribution in [0.4, 0.5) is 5.82 Å². The maximum atomic E-state index is 12.3. The maximum Gasteiger partial charge on any atom is 0.218 e. The van der Waals surface area contributed by atoms with Crippen LogP contribution in [0, 0.1) is 0 Å². The summed E-state index contributed by atoms with van der Waals surface area (Å²) in [4.78, 5) is 12.6. The van der Waals surface area contributed by atoms with E-state index in [-0.39, 0.29) is 0 Å². The molecule has 0 aliphatic rings. The van der Waals surface area contributed by atoms with Gasteiger partial charge in [0.25, 0.3) is 0 Å². The molecule has 2 aromatic rings. The van der Waals surface area contributed by atoms with Gasteiger partial charge in [-0.15, -0.1) is 0 Å². The second-order valence-electron chi connectivity index (χ2n) is 6.96. The second kappa shape index (κ2) is 12.5. The lowest BCUT2D eigenvalue weighted by molar-refractivity contribution is 0.562. The Bertz CT molecular complexity index is 674. The normalized spacial score (nSPS) is 12.2. The Morgan fingerprint density at radius 2 is 1.33 bits per heavy atom. The molecule has 2 aromatic heterocycles. The molecule has 27 heavy (non-hydrogen) atoms.